The quantitative estimate of drug-likeness (QED) is 0.364. The zero-order valence-electron chi connectivity index (χ0n) is 13.8. The molecule has 0 unspecified atom stereocenters. The summed E-state index contributed by atoms with van der Waals surface area (Å²) in [5.74, 6) is 0.237. The van der Waals surface area contributed by atoms with Crippen molar-refractivity contribution in [1.29, 1.82) is 0 Å². The Morgan fingerprint density at radius 2 is 1.25 bits per heavy atom. The van der Waals surface area contributed by atoms with Gasteiger partial charge in [0.1, 0.15) is 0 Å². The van der Waals surface area contributed by atoms with E-state index in [2.05, 4.69) is 13.8 Å². The van der Waals surface area contributed by atoms with Gasteiger partial charge in [-0.25, -0.2) is 0 Å². The molecule has 1 N–H and O–H groups in total. The minimum absolute atomic E-state index is 0.342. The van der Waals surface area contributed by atoms with E-state index in [0.29, 0.717) is 6.42 Å². The van der Waals surface area contributed by atoms with Gasteiger partial charge in [0.25, 0.3) is 0 Å². The SMILES string of the molecule is CCCCCCC[C@@H](C)CCCCCCCCC(=O)O. The predicted octanol–water partition coefficient (Wildman–Crippen LogP) is 6.19. The van der Waals surface area contributed by atoms with Crippen LogP contribution in [0.25, 0.3) is 0 Å². The summed E-state index contributed by atoms with van der Waals surface area (Å²) in [6.07, 6.45) is 17.2. The molecule has 0 heterocycles. The lowest BCUT2D eigenvalue weighted by Crippen LogP contribution is -1.95. The molecule has 0 aromatic rings. The molecule has 0 fully saturated rings. The Labute approximate surface area is 126 Å². The second kappa shape index (κ2) is 14.9. The number of unbranched alkanes of at least 4 members (excludes halogenated alkanes) is 9. The van der Waals surface area contributed by atoms with E-state index < -0.39 is 5.97 Å². The standard InChI is InChI=1S/C18H36O2/c1-3-4-5-8-11-14-17(2)15-12-9-6-7-10-13-16-18(19)20/h17H,3-16H2,1-2H3,(H,19,20)/t17-/m1/s1. The third-order valence-corrected chi connectivity index (χ3v) is 4.14. The van der Waals surface area contributed by atoms with Gasteiger partial charge < -0.3 is 5.11 Å². The molecular formula is C18H36O2. The van der Waals surface area contributed by atoms with Gasteiger partial charge in [-0.1, -0.05) is 90.9 Å². The van der Waals surface area contributed by atoms with Crippen LogP contribution in [-0.4, -0.2) is 11.1 Å². The average Bonchev–Trinajstić information content (AvgIpc) is 2.41. The summed E-state index contributed by atoms with van der Waals surface area (Å²) in [6.45, 7) is 4.66. The van der Waals surface area contributed by atoms with Crippen molar-refractivity contribution in [2.75, 3.05) is 0 Å². The molecule has 0 aliphatic carbocycles. The highest BCUT2D eigenvalue weighted by atomic mass is 16.4. The fourth-order valence-electron chi connectivity index (χ4n) is 2.72. The van der Waals surface area contributed by atoms with Crippen molar-refractivity contribution in [1.82, 2.24) is 0 Å². The van der Waals surface area contributed by atoms with Crippen LogP contribution in [0.3, 0.4) is 0 Å². The van der Waals surface area contributed by atoms with Crippen LogP contribution in [0.5, 0.6) is 0 Å². The van der Waals surface area contributed by atoms with Crippen molar-refractivity contribution in [3.63, 3.8) is 0 Å². The van der Waals surface area contributed by atoms with Crippen LogP contribution in [0.4, 0.5) is 0 Å². The molecule has 0 saturated carbocycles. The fourth-order valence-corrected chi connectivity index (χ4v) is 2.72. The summed E-state index contributed by atoms with van der Waals surface area (Å²) in [4.78, 5) is 10.4. The van der Waals surface area contributed by atoms with Crippen LogP contribution in [0.15, 0.2) is 0 Å². The summed E-state index contributed by atoms with van der Waals surface area (Å²) >= 11 is 0. The number of carboxylic acids is 1. The van der Waals surface area contributed by atoms with Crippen LogP contribution >= 0.6 is 0 Å². The molecule has 0 rings (SSSR count). The van der Waals surface area contributed by atoms with Gasteiger partial charge >= 0.3 is 5.97 Å². The molecule has 2 nitrogen and oxygen atoms in total. The molecule has 0 aliphatic heterocycles. The lowest BCUT2D eigenvalue weighted by atomic mass is 9.96. The first-order valence-electron chi connectivity index (χ1n) is 8.88. The van der Waals surface area contributed by atoms with Gasteiger partial charge in [0.15, 0.2) is 0 Å². The minimum Gasteiger partial charge on any atom is -0.481 e. The first kappa shape index (κ1) is 19.5. The Morgan fingerprint density at radius 3 is 1.75 bits per heavy atom. The molecule has 0 spiro atoms. The molecule has 0 aliphatic rings. The lowest BCUT2D eigenvalue weighted by Gasteiger charge is -2.10. The van der Waals surface area contributed by atoms with E-state index in [1.807, 2.05) is 0 Å². The number of rotatable bonds is 15. The van der Waals surface area contributed by atoms with Crippen molar-refractivity contribution >= 4 is 5.97 Å². The molecule has 0 radical (unpaired) electrons. The Hall–Kier alpha value is -0.530. The lowest BCUT2D eigenvalue weighted by molar-refractivity contribution is -0.137. The second-order valence-electron chi connectivity index (χ2n) is 6.36. The van der Waals surface area contributed by atoms with Gasteiger partial charge in [0, 0.05) is 6.42 Å². The maximum Gasteiger partial charge on any atom is 0.303 e. The highest BCUT2D eigenvalue weighted by Gasteiger charge is 2.02. The average molecular weight is 284 g/mol. The van der Waals surface area contributed by atoms with Gasteiger partial charge in [-0.15, -0.1) is 0 Å². The summed E-state index contributed by atoms with van der Waals surface area (Å²) in [5.41, 5.74) is 0. The summed E-state index contributed by atoms with van der Waals surface area (Å²) in [5, 5.41) is 8.53. The molecule has 20 heavy (non-hydrogen) atoms. The van der Waals surface area contributed by atoms with E-state index in [-0.39, 0.29) is 0 Å². The normalized spacial score (nSPS) is 12.5. The van der Waals surface area contributed by atoms with E-state index >= 15 is 0 Å². The zero-order valence-corrected chi connectivity index (χ0v) is 13.8. The van der Waals surface area contributed by atoms with Crippen LogP contribution in [0.2, 0.25) is 0 Å². The molecule has 2 heteroatoms. The zero-order chi connectivity index (χ0) is 15.1. The first-order valence-corrected chi connectivity index (χ1v) is 8.88. The molecule has 1 atom stereocenters. The number of carbonyl (C=O) groups is 1. The smallest absolute Gasteiger partial charge is 0.303 e. The van der Waals surface area contributed by atoms with Gasteiger partial charge in [0.2, 0.25) is 0 Å². The van der Waals surface area contributed by atoms with Gasteiger partial charge in [0.05, 0.1) is 0 Å². The van der Waals surface area contributed by atoms with Crippen molar-refractivity contribution < 1.29 is 9.90 Å². The van der Waals surface area contributed by atoms with Gasteiger partial charge in [-0.05, 0) is 12.3 Å². The molecular weight excluding hydrogens is 248 g/mol. The van der Waals surface area contributed by atoms with Crippen LogP contribution < -0.4 is 0 Å². The molecule has 0 aromatic heterocycles. The number of hydrogen-bond acceptors (Lipinski definition) is 1. The predicted molar refractivity (Wildman–Crippen MR) is 87.1 cm³/mol. The molecule has 0 saturated heterocycles. The van der Waals surface area contributed by atoms with Crippen LogP contribution in [0, 0.1) is 5.92 Å². The maximum absolute atomic E-state index is 10.4. The maximum atomic E-state index is 10.4. The van der Waals surface area contributed by atoms with Crippen LogP contribution in [0.1, 0.15) is 104 Å². The monoisotopic (exact) mass is 284 g/mol. The summed E-state index contributed by atoms with van der Waals surface area (Å²) < 4.78 is 0. The highest BCUT2D eigenvalue weighted by molar-refractivity contribution is 5.66. The largest absolute Gasteiger partial charge is 0.481 e. The number of carboxylic acid groups (broad SMARTS) is 1. The Kier molecular flexibility index (Phi) is 14.5. The first-order chi connectivity index (χ1) is 9.66. The van der Waals surface area contributed by atoms with Crippen molar-refractivity contribution in [2.45, 2.75) is 104 Å². The number of hydrogen-bond donors (Lipinski definition) is 1. The second-order valence-corrected chi connectivity index (χ2v) is 6.36. The van der Waals surface area contributed by atoms with Crippen molar-refractivity contribution in [2.24, 2.45) is 5.92 Å². The van der Waals surface area contributed by atoms with E-state index in [1.54, 1.807) is 0 Å². The minimum atomic E-state index is -0.655. The third-order valence-electron chi connectivity index (χ3n) is 4.14. The topological polar surface area (TPSA) is 37.3 Å². The van der Waals surface area contributed by atoms with E-state index in [4.69, 9.17) is 5.11 Å². The van der Waals surface area contributed by atoms with Crippen molar-refractivity contribution in [3.05, 3.63) is 0 Å². The van der Waals surface area contributed by atoms with Crippen molar-refractivity contribution in [3.8, 4) is 0 Å². The molecule has 0 aromatic carbocycles. The van der Waals surface area contributed by atoms with Gasteiger partial charge in [-0.2, -0.15) is 0 Å². The summed E-state index contributed by atoms with van der Waals surface area (Å²) in [6, 6.07) is 0. The summed E-state index contributed by atoms with van der Waals surface area (Å²) in [7, 11) is 0. The van der Waals surface area contributed by atoms with Gasteiger partial charge in [-0.3, -0.25) is 4.79 Å². The van der Waals surface area contributed by atoms with E-state index in [9.17, 15) is 4.79 Å². The molecule has 0 amide bonds. The highest BCUT2D eigenvalue weighted by Crippen LogP contribution is 2.18. The Bertz CT molecular complexity index is 213. The Balaban J connectivity index is 3.15. The number of aliphatic carboxylic acids is 1. The Morgan fingerprint density at radius 1 is 0.800 bits per heavy atom. The van der Waals surface area contributed by atoms with Crippen LogP contribution in [-0.2, 0) is 4.79 Å². The fraction of sp³-hybridized carbons (Fsp3) is 0.944. The third kappa shape index (κ3) is 15.5. The molecule has 0 bridgehead atoms. The molecule has 120 valence electrons. The van der Waals surface area contributed by atoms with E-state index in [0.717, 1.165) is 18.8 Å². The van der Waals surface area contributed by atoms with E-state index in [1.165, 1.54) is 70.6 Å².